The molecule has 0 saturated carbocycles. The van der Waals surface area contributed by atoms with E-state index in [-0.39, 0.29) is 16.9 Å². The van der Waals surface area contributed by atoms with Crippen LogP contribution in [0.5, 0.6) is 0 Å². The number of carbonyl (C=O) groups excluding carboxylic acids is 2. The summed E-state index contributed by atoms with van der Waals surface area (Å²) in [5, 5.41) is 2.31. The molecule has 3 rings (SSSR count). The summed E-state index contributed by atoms with van der Waals surface area (Å²) in [5.74, 6) is -3.57. The number of nitrogens with one attached hydrogen (secondary N) is 1. The molecule has 6 nitrogen and oxygen atoms in total. The Morgan fingerprint density at radius 2 is 1.88 bits per heavy atom. The van der Waals surface area contributed by atoms with Gasteiger partial charge in [0.1, 0.15) is 18.0 Å². The first kappa shape index (κ1) is 15.8. The topological polar surface area (TPSA) is 75.2 Å². The highest BCUT2D eigenvalue weighted by Gasteiger charge is 2.35. The number of anilines is 2. The fraction of sp³-hybridized carbons (Fsp3) is 0.143. The molecule has 0 aliphatic carbocycles. The zero-order valence-corrected chi connectivity index (χ0v) is 11.8. The Hall–Kier alpha value is -3.04. The van der Waals surface area contributed by atoms with Gasteiger partial charge in [0.2, 0.25) is 11.7 Å². The summed E-state index contributed by atoms with van der Waals surface area (Å²) >= 11 is 0. The quantitative estimate of drug-likeness (QED) is 0.808. The van der Waals surface area contributed by atoms with Crippen LogP contribution in [0.15, 0.2) is 30.6 Å². The lowest BCUT2D eigenvalue weighted by Crippen LogP contribution is -2.42. The molecule has 0 spiro atoms. The number of halogens is 4. The van der Waals surface area contributed by atoms with Crippen molar-refractivity contribution >= 4 is 23.2 Å². The highest BCUT2D eigenvalue weighted by Crippen LogP contribution is 2.32. The van der Waals surface area contributed by atoms with E-state index in [0.29, 0.717) is 12.4 Å². The number of alkyl halides is 3. The molecule has 1 aromatic heterocycles. The lowest BCUT2D eigenvalue weighted by Gasteiger charge is -2.29. The number of amides is 2. The first-order valence-electron chi connectivity index (χ1n) is 6.57. The smallest absolute Gasteiger partial charge is 0.320 e. The Labute approximate surface area is 132 Å². The van der Waals surface area contributed by atoms with Gasteiger partial charge < -0.3 is 5.32 Å². The second-order valence-electron chi connectivity index (χ2n) is 4.87. The number of hydrogen-bond donors (Lipinski definition) is 1. The van der Waals surface area contributed by atoms with Crippen molar-refractivity contribution < 1.29 is 27.2 Å². The summed E-state index contributed by atoms with van der Waals surface area (Å²) in [7, 11) is 0. The van der Waals surface area contributed by atoms with Crippen LogP contribution in [0.1, 0.15) is 16.2 Å². The van der Waals surface area contributed by atoms with E-state index in [4.69, 9.17) is 0 Å². The minimum atomic E-state index is -4.73. The Bertz CT molecular complexity index is 821. The number of hydrogen-bond acceptors (Lipinski definition) is 4. The maximum Gasteiger partial charge on any atom is 0.451 e. The van der Waals surface area contributed by atoms with E-state index < -0.39 is 36.2 Å². The van der Waals surface area contributed by atoms with Crippen LogP contribution in [0.4, 0.5) is 28.9 Å². The van der Waals surface area contributed by atoms with Crippen LogP contribution in [-0.2, 0) is 11.0 Å². The van der Waals surface area contributed by atoms with E-state index in [1.54, 1.807) is 0 Å². The van der Waals surface area contributed by atoms with Gasteiger partial charge in [0.25, 0.3) is 5.91 Å². The first-order valence-corrected chi connectivity index (χ1v) is 6.57. The van der Waals surface area contributed by atoms with Crippen LogP contribution in [0.2, 0.25) is 0 Å². The zero-order valence-electron chi connectivity index (χ0n) is 11.8. The van der Waals surface area contributed by atoms with Gasteiger partial charge in [0.05, 0.1) is 11.3 Å². The summed E-state index contributed by atoms with van der Waals surface area (Å²) in [5.41, 5.74) is -0.331. The van der Waals surface area contributed by atoms with Gasteiger partial charge in [-0.2, -0.15) is 13.2 Å². The Balaban J connectivity index is 1.96. The molecule has 1 aliphatic heterocycles. The van der Waals surface area contributed by atoms with Gasteiger partial charge in [-0.15, -0.1) is 0 Å². The van der Waals surface area contributed by atoms with Crippen molar-refractivity contribution in [1.29, 1.82) is 0 Å². The van der Waals surface area contributed by atoms with E-state index >= 15 is 0 Å². The predicted octanol–water partition coefficient (Wildman–Crippen LogP) is 2.23. The van der Waals surface area contributed by atoms with E-state index in [1.807, 2.05) is 0 Å². The van der Waals surface area contributed by atoms with Gasteiger partial charge in [-0.1, -0.05) is 6.07 Å². The number of nitrogens with zero attached hydrogens (tertiary/aromatic N) is 3. The highest BCUT2D eigenvalue weighted by molar-refractivity contribution is 6.15. The van der Waals surface area contributed by atoms with E-state index in [0.717, 1.165) is 11.0 Å². The third kappa shape index (κ3) is 2.77. The molecule has 2 heterocycles. The van der Waals surface area contributed by atoms with Gasteiger partial charge in [-0.3, -0.25) is 14.5 Å². The highest BCUT2D eigenvalue weighted by atomic mass is 19.4. The van der Waals surface area contributed by atoms with Crippen molar-refractivity contribution in [2.45, 2.75) is 6.18 Å². The molecular formula is C14H8F4N4O2. The molecule has 124 valence electrons. The van der Waals surface area contributed by atoms with E-state index in [1.165, 1.54) is 12.1 Å². The summed E-state index contributed by atoms with van der Waals surface area (Å²) < 4.78 is 51.1. The summed E-state index contributed by atoms with van der Waals surface area (Å²) in [6.07, 6.45) is -3.31. The molecular weight excluding hydrogens is 332 g/mol. The molecule has 0 unspecified atom stereocenters. The van der Waals surface area contributed by atoms with Crippen molar-refractivity contribution in [3.8, 4) is 0 Å². The Kier molecular flexibility index (Phi) is 3.66. The van der Waals surface area contributed by atoms with Crippen LogP contribution in [0, 0.1) is 5.82 Å². The minimum absolute atomic E-state index is 0.0968. The molecule has 1 aliphatic rings. The lowest BCUT2D eigenvalue weighted by molar-refractivity contribution is -0.145. The molecule has 1 aromatic carbocycles. The monoisotopic (exact) mass is 340 g/mol. The fourth-order valence-electron chi connectivity index (χ4n) is 2.19. The normalized spacial score (nSPS) is 14.2. The van der Waals surface area contributed by atoms with Gasteiger partial charge in [-0.05, 0) is 12.1 Å². The number of carbonyl (C=O) groups is 2. The standard InChI is InChI=1S/C14H8F4N4O2/c15-8-2-1-3-9-11(8)21-10(23)6-22(9)12(24)7-4-19-13(20-5-7)14(16,17)18/h1-5H,6H2,(H,21,23). The number of aromatic nitrogens is 2. The molecule has 0 saturated heterocycles. The molecule has 0 bridgehead atoms. The fourth-order valence-corrected chi connectivity index (χ4v) is 2.19. The summed E-state index contributed by atoms with van der Waals surface area (Å²) in [6.45, 7) is -0.406. The number of para-hydroxylation sites is 1. The largest absolute Gasteiger partial charge is 0.451 e. The van der Waals surface area contributed by atoms with Crippen molar-refractivity contribution in [3.05, 3.63) is 47.8 Å². The van der Waals surface area contributed by atoms with Crippen LogP contribution in [0.3, 0.4) is 0 Å². The second kappa shape index (κ2) is 5.55. The first-order chi connectivity index (χ1) is 11.3. The van der Waals surface area contributed by atoms with Crippen LogP contribution < -0.4 is 10.2 Å². The molecule has 0 atom stereocenters. The molecule has 0 radical (unpaired) electrons. The minimum Gasteiger partial charge on any atom is -0.320 e. The van der Waals surface area contributed by atoms with Gasteiger partial charge in [-0.25, -0.2) is 14.4 Å². The van der Waals surface area contributed by atoms with Crippen molar-refractivity contribution in [1.82, 2.24) is 9.97 Å². The van der Waals surface area contributed by atoms with Crippen LogP contribution >= 0.6 is 0 Å². The van der Waals surface area contributed by atoms with Gasteiger partial charge >= 0.3 is 6.18 Å². The Morgan fingerprint density at radius 1 is 1.21 bits per heavy atom. The average Bonchev–Trinajstić information content (AvgIpc) is 2.54. The third-order valence-electron chi connectivity index (χ3n) is 3.25. The van der Waals surface area contributed by atoms with Crippen molar-refractivity contribution in [2.24, 2.45) is 0 Å². The zero-order chi connectivity index (χ0) is 17.5. The number of benzene rings is 1. The van der Waals surface area contributed by atoms with E-state index in [9.17, 15) is 27.2 Å². The average molecular weight is 340 g/mol. The van der Waals surface area contributed by atoms with Gasteiger partial charge in [0.15, 0.2) is 0 Å². The third-order valence-corrected chi connectivity index (χ3v) is 3.25. The van der Waals surface area contributed by atoms with Gasteiger partial charge in [0, 0.05) is 12.4 Å². The van der Waals surface area contributed by atoms with Crippen molar-refractivity contribution in [2.75, 3.05) is 16.8 Å². The van der Waals surface area contributed by atoms with Crippen LogP contribution in [0.25, 0.3) is 0 Å². The summed E-state index contributed by atoms with van der Waals surface area (Å²) in [4.78, 5) is 31.2. The Morgan fingerprint density at radius 3 is 2.50 bits per heavy atom. The molecule has 10 heteroatoms. The predicted molar refractivity (Wildman–Crippen MR) is 73.7 cm³/mol. The SMILES string of the molecule is O=C1CN(C(=O)c2cnc(C(F)(F)F)nc2)c2cccc(F)c2N1. The maximum atomic E-state index is 13.8. The molecule has 24 heavy (non-hydrogen) atoms. The molecule has 2 aromatic rings. The number of fused-ring (bicyclic) bond motifs is 1. The molecule has 2 amide bonds. The summed E-state index contributed by atoms with van der Waals surface area (Å²) in [6, 6.07) is 3.85. The second-order valence-corrected chi connectivity index (χ2v) is 4.87. The van der Waals surface area contributed by atoms with E-state index in [2.05, 4.69) is 15.3 Å². The lowest BCUT2D eigenvalue weighted by atomic mass is 10.1. The maximum absolute atomic E-state index is 13.8. The molecule has 0 fully saturated rings. The van der Waals surface area contributed by atoms with Crippen LogP contribution in [-0.4, -0.2) is 28.3 Å². The number of rotatable bonds is 1. The van der Waals surface area contributed by atoms with Crippen molar-refractivity contribution in [3.63, 3.8) is 0 Å². The molecule has 1 N–H and O–H groups in total.